The summed E-state index contributed by atoms with van der Waals surface area (Å²) >= 11 is 0. The Hall–Kier alpha value is -2.25. The van der Waals surface area contributed by atoms with Crippen molar-refractivity contribution in [2.75, 3.05) is 0 Å². The van der Waals surface area contributed by atoms with Gasteiger partial charge in [-0.1, -0.05) is 0 Å². The van der Waals surface area contributed by atoms with Crippen molar-refractivity contribution >= 4 is 5.91 Å². The van der Waals surface area contributed by atoms with E-state index in [-0.39, 0.29) is 17.6 Å². The number of aromatic nitrogens is 6. The van der Waals surface area contributed by atoms with Crippen LogP contribution in [0.15, 0.2) is 12.5 Å². The molecule has 1 atom stereocenters. The smallest absolute Gasteiger partial charge is 0.274 e. The molecule has 2 rings (SSSR count). The Morgan fingerprint density at radius 1 is 1.62 bits per heavy atom. The van der Waals surface area contributed by atoms with Crippen molar-refractivity contribution < 1.29 is 4.79 Å². The van der Waals surface area contributed by atoms with Gasteiger partial charge in [0.15, 0.2) is 11.5 Å². The Balaban J connectivity index is 2.06. The highest BCUT2D eigenvalue weighted by Crippen LogP contribution is 2.07. The highest BCUT2D eigenvalue weighted by Gasteiger charge is 2.16. The zero-order valence-corrected chi connectivity index (χ0v) is 8.88. The quantitative estimate of drug-likeness (QED) is 0.722. The molecule has 1 unspecified atom stereocenters. The molecule has 0 spiro atoms. The lowest BCUT2D eigenvalue weighted by molar-refractivity contribution is 0.0932. The van der Waals surface area contributed by atoms with Gasteiger partial charge in [0.25, 0.3) is 5.91 Å². The van der Waals surface area contributed by atoms with Crippen LogP contribution in [0, 0.1) is 0 Å². The number of H-pyrrole nitrogens is 1. The molecule has 2 aromatic rings. The number of hydrogen-bond donors (Lipinski definition) is 2. The zero-order valence-electron chi connectivity index (χ0n) is 8.88. The molecule has 0 aliphatic rings. The highest BCUT2D eigenvalue weighted by atomic mass is 16.2. The van der Waals surface area contributed by atoms with Gasteiger partial charge in [0.2, 0.25) is 0 Å². The van der Waals surface area contributed by atoms with Gasteiger partial charge in [-0.15, -0.1) is 10.2 Å². The third-order valence-electron chi connectivity index (χ3n) is 2.13. The fraction of sp³-hybridized carbons (Fsp3) is 0.375. The molecular weight excluding hydrogens is 210 g/mol. The van der Waals surface area contributed by atoms with Crippen LogP contribution in [0.1, 0.15) is 29.3 Å². The topological polar surface area (TPSA) is 101 Å². The summed E-state index contributed by atoms with van der Waals surface area (Å²) in [6.07, 6.45) is 2.94. The van der Waals surface area contributed by atoms with Gasteiger partial charge in [0.1, 0.15) is 6.33 Å². The van der Waals surface area contributed by atoms with Gasteiger partial charge in [0.05, 0.1) is 12.2 Å². The number of aryl methyl sites for hydroxylation is 1. The first-order valence-corrected chi connectivity index (χ1v) is 4.69. The second-order valence-electron chi connectivity index (χ2n) is 3.35. The molecule has 8 nitrogen and oxygen atoms in total. The van der Waals surface area contributed by atoms with Crippen molar-refractivity contribution in [3.63, 3.8) is 0 Å². The van der Waals surface area contributed by atoms with E-state index >= 15 is 0 Å². The Bertz CT molecular complexity index is 474. The fourth-order valence-electron chi connectivity index (χ4n) is 1.33. The maximum Gasteiger partial charge on any atom is 0.274 e. The summed E-state index contributed by atoms with van der Waals surface area (Å²) in [7, 11) is 1.81. The van der Waals surface area contributed by atoms with Crippen LogP contribution in [0.5, 0.6) is 0 Å². The molecule has 0 aliphatic carbocycles. The zero-order chi connectivity index (χ0) is 11.5. The Morgan fingerprint density at radius 2 is 2.44 bits per heavy atom. The summed E-state index contributed by atoms with van der Waals surface area (Å²) in [5.41, 5.74) is 0.244. The van der Waals surface area contributed by atoms with Crippen LogP contribution < -0.4 is 5.32 Å². The van der Waals surface area contributed by atoms with Gasteiger partial charge in [-0.2, -0.15) is 15.4 Å². The van der Waals surface area contributed by atoms with Crippen LogP contribution in [-0.4, -0.2) is 36.1 Å². The van der Waals surface area contributed by atoms with Gasteiger partial charge in [-0.25, -0.2) is 0 Å². The number of aromatic amines is 1. The summed E-state index contributed by atoms with van der Waals surface area (Å²) in [6, 6.07) is -0.239. The minimum absolute atomic E-state index is 0.239. The molecule has 0 fully saturated rings. The van der Waals surface area contributed by atoms with Crippen molar-refractivity contribution in [3.05, 3.63) is 24.0 Å². The molecule has 84 valence electrons. The van der Waals surface area contributed by atoms with Crippen LogP contribution >= 0.6 is 0 Å². The molecule has 0 radical (unpaired) electrons. The average Bonchev–Trinajstić information content (AvgIpc) is 2.86. The van der Waals surface area contributed by atoms with Crippen LogP contribution in [0.3, 0.4) is 0 Å². The van der Waals surface area contributed by atoms with E-state index in [0.29, 0.717) is 5.82 Å². The Morgan fingerprint density at radius 3 is 3.00 bits per heavy atom. The first-order chi connectivity index (χ1) is 7.68. The first-order valence-electron chi connectivity index (χ1n) is 4.69. The van der Waals surface area contributed by atoms with Crippen molar-refractivity contribution in [3.8, 4) is 0 Å². The number of rotatable bonds is 3. The summed E-state index contributed by atoms with van der Waals surface area (Å²) in [4.78, 5) is 11.6. The van der Waals surface area contributed by atoms with E-state index in [4.69, 9.17) is 0 Å². The summed E-state index contributed by atoms with van der Waals surface area (Å²) in [6.45, 7) is 1.82. The molecular formula is C8H11N7O. The summed E-state index contributed by atoms with van der Waals surface area (Å²) < 4.78 is 1.74. The predicted octanol–water partition coefficient (Wildman–Crippen LogP) is -0.576. The third-order valence-corrected chi connectivity index (χ3v) is 2.13. The van der Waals surface area contributed by atoms with Crippen molar-refractivity contribution in [1.29, 1.82) is 0 Å². The molecule has 0 saturated heterocycles. The largest absolute Gasteiger partial charge is 0.341 e. The third kappa shape index (κ3) is 1.90. The molecule has 0 aromatic carbocycles. The van der Waals surface area contributed by atoms with E-state index in [1.54, 1.807) is 10.9 Å². The SMILES string of the molecule is CC(NC(=O)c1cn[nH]n1)c1nncn1C. The number of amides is 1. The second-order valence-corrected chi connectivity index (χ2v) is 3.35. The Kier molecular flexibility index (Phi) is 2.63. The highest BCUT2D eigenvalue weighted by molar-refractivity contribution is 5.91. The average molecular weight is 221 g/mol. The monoisotopic (exact) mass is 221 g/mol. The van der Waals surface area contributed by atoms with Crippen molar-refractivity contribution in [2.24, 2.45) is 7.05 Å². The number of hydrogen-bond acceptors (Lipinski definition) is 5. The maximum absolute atomic E-state index is 11.6. The van der Waals surface area contributed by atoms with Crippen LogP contribution in [0.2, 0.25) is 0 Å². The van der Waals surface area contributed by atoms with E-state index in [0.717, 1.165) is 0 Å². The van der Waals surface area contributed by atoms with E-state index in [1.165, 1.54) is 6.20 Å². The molecule has 16 heavy (non-hydrogen) atoms. The Labute approximate surface area is 91.1 Å². The van der Waals surface area contributed by atoms with E-state index in [9.17, 15) is 4.79 Å². The molecule has 0 bridgehead atoms. The molecule has 0 saturated carbocycles. The van der Waals surface area contributed by atoms with Crippen LogP contribution in [-0.2, 0) is 7.05 Å². The predicted molar refractivity (Wildman–Crippen MR) is 53.3 cm³/mol. The number of nitrogens with zero attached hydrogens (tertiary/aromatic N) is 5. The first kappa shape index (κ1) is 10.3. The molecule has 1 amide bonds. The van der Waals surface area contributed by atoms with Crippen LogP contribution in [0.4, 0.5) is 0 Å². The standard InChI is InChI=1S/C8H11N7O/c1-5(7-13-10-4-15(7)2)11-8(16)6-3-9-14-12-6/h3-5H,1-2H3,(H,11,16)(H,9,12,14). The molecule has 0 aliphatic heterocycles. The molecule has 2 N–H and O–H groups in total. The lowest BCUT2D eigenvalue weighted by Crippen LogP contribution is -2.28. The van der Waals surface area contributed by atoms with Crippen molar-refractivity contribution in [1.82, 2.24) is 35.5 Å². The molecule has 8 heteroatoms. The van der Waals surface area contributed by atoms with Crippen molar-refractivity contribution in [2.45, 2.75) is 13.0 Å². The lowest BCUT2D eigenvalue weighted by atomic mass is 10.3. The lowest BCUT2D eigenvalue weighted by Gasteiger charge is -2.11. The summed E-state index contributed by atoms with van der Waals surface area (Å²) in [5, 5.41) is 20.0. The number of carbonyl (C=O) groups excluding carboxylic acids is 1. The maximum atomic E-state index is 11.6. The molecule has 2 heterocycles. The number of nitrogens with one attached hydrogen (secondary N) is 2. The van der Waals surface area contributed by atoms with Gasteiger partial charge < -0.3 is 9.88 Å². The fourth-order valence-corrected chi connectivity index (χ4v) is 1.33. The van der Waals surface area contributed by atoms with Gasteiger partial charge >= 0.3 is 0 Å². The van der Waals surface area contributed by atoms with Gasteiger partial charge in [-0.05, 0) is 6.92 Å². The van der Waals surface area contributed by atoms with E-state index in [1.807, 2.05) is 14.0 Å². The molecule has 2 aromatic heterocycles. The minimum atomic E-state index is -0.302. The van der Waals surface area contributed by atoms with E-state index < -0.39 is 0 Å². The minimum Gasteiger partial charge on any atom is -0.341 e. The van der Waals surface area contributed by atoms with Gasteiger partial charge in [0, 0.05) is 7.05 Å². The van der Waals surface area contributed by atoms with E-state index in [2.05, 4.69) is 30.9 Å². The van der Waals surface area contributed by atoms with Gasteiger partial charge in [-0.3, -0.25) is 4.79 Å². The summed E-state index contributed by atoms with van der Waals surface area (Å²) in [5.74, 6) is 0.376. The number of carbonyl (C=O) groups is 1. The second kappa shape index (κ2) is 4.09. The van der Waals surface area contributed by atoms with Crippen LogP contribution in [0.25, 0.3) is 0 Å². The normalized spacial score (nSPS) is 12.4.